The van der Waals surface area contributed by atoms with Crippen LogP contribution in [-0.2, 0) is 24.1 Å². The number of unbranched alkanes of at least 4 members (excludes halogenated alkanes) is 2. The fourth-order valence-electron chi connectivity index (χ4n) is 3.75. The van der Waals surface area contributed by atoms with Crippen molar-refractivity contribution in [3.63, 3.8) is 0 Å². The number of rotatable bonds is 16. The number of aromatic hydroxyl groups is 1. The molecular weight excluding hydrogens is 432 g/mol. The third-order valence-electron chi connectivity index (χ3n) is 5.31. The standard InChI is InChI=1S/C28H34O6/c1-4-10-22-18-21(14-15-26(31)32)19-23(11-5-2)28(22)34-17-8-6-7-16-33-25-13-9-12-24(30)27(25)20(3)29/h4-5,9,12-13,18-19,30H,1-2,6-8,10-11,14-17H2,3H3,(H,31,32). The Hall–Kier alpha value is -3.54. The first-order valence-corrected chi connectivity index (χ1v) is 11.5. The topological polar surface area (TPSA) is 93.1 Å². The maximum Gasteiger partial charge on any atom is 0.303 e. The molecule has 0 aliphatic rings. The number of phenolic OH excluding ortho intramolecular Hbond substituents is 1. The fraction of sp³-hybridized carbons (Fsp3) is 0.357. The number of aryl methyl sites for hydroxylation is 1. The van der Waals surface area contributed by atoms with Crippen LogP contribution < -0.4 is 9.47 Å². The smallest absolute Gasteiger partial charge is 0.303 e. The second-order valence-electron chi connectivity index (χ2n) is 8.09. The molecule has 182 valence electrons. The molecule has 0 aliphatic heterocycles. The van der Waals surface area contributed by atoms with Gasteiger partial charge in [0.05, 0.1) is 13.2 Å². The Morgan fingerprint density at radius 3 is 2.15 bits per heavy atom. The van der Waals surface area contributed by atoms with E-state index in [0.29, 0.717) is 38.2 Å². The van der Waals surface area contributed by atoms with Crippen molar-refractivity contribution in [2.45, 2.75) is 51.9 Å². The molecule has 6 heteroatoms. The zero-order chi connectivity index (χ0) is 24.9. The number of hydrogen-bond acceptors (Lipinski definition) is 5. The Kier molecular flexibility index (Phi) is 10.9. The summed E-state index contributed by atoms with van der Waals surface area (Å²) in [6.07, 6.45) is 7.93. The van der Waals surface area contributed by atoms with Crippen LogP contribution in [0.3, 0.4) is 0 Å². The van der Waals surface area contributed by atoms with Crippen LogP contribution in [0.5, 0.6) is 17.2 Å². The first kappa shape index (κ1) is 26.7. The maximum absolute atomic E-state index is 11.7. The van der Waals surface area contributed by atoms with Crippen molar-refractivity contribution in [2.75, 3.05) is 13.2 Å². The molecule has 0 heterocycles. The Bertz CT molecular complexity index is 977. The summed E-state index contributed by atoms with van der Waals surface area (Å²) in [6, 6.07) is 8.81. The van der Waals surface area contributed by atoms with Gasteiger partial charge in [0.2, 0.25) is 0 Å². The SMILES string of the molecule is C=CCc1cc(CCC(=O)O)cc(CC=C)c1OCCCCCOc1cccc(O)c1C(C)=O. The first-order valence-electron chi connectivity index (χ1n) is 11.5. The van der Waals surface area contributed by atoms with E-state index in [9.17, 15) is 14.7 Å². The lowest BCUT2D eigenvalue weighted by Crippen LogP contribution is -2.07. The predicted molar refractivity (Wildman–Crippen MR) is 133 cm³/mol. The minimum Gasteiger partial charge on any atom is -0.507 e. The van der Waals surface area contributed by atoms with Gasteiger partial charge in [-0.3, -0.25) is 9.59 Å². The van der Waals surface area contributed by atoms with Crippen LogP contribution in [0.4, 0.5) is 0 Å². The fourth-order valence-corrected chi connectivity index (χ4v) is 3.75. The number of aliphatic carboxylic acids is 1. The molecule has 0 radical (unpaired) electrons. The van der Waals surface area contributed by atoms with Crippen LogP contribution in [0.2, 0.25) is 0 Å². The van der Waals surface area contributed by atoms with Crippen molar-refractivity contribution >= 4 is 11.8 Å². The van der Waals surface area contributed by atoms with E-state index in [2.05, 4.69) is 13.2 Å². The third-order valence-corrected chi connectivity index (χ3v) is 5.31. The molecule has 0 saturated heterocycles. The number of ketones is 1. The molecule has 0 bridgehead atoms. The Morgan fingerprint density at radius 1 is 0.971 bits per heavy atom. The predicted octanol–water partition coefficient (Wildman–Crippen LogP) is 5.70. The molecule has 2 aromatic rings. The summed E-state index contributed by atoms with van der Waals surface area (Å²) in [5, 5.41) is 18.9. The highest BCUT2D eigenvalue weighted by Gasteiger charge is 2.14. The van der Waals surface area contributed by atoms with E-state index in [-0.39, 0.29) is 23.5 Å². The molecule has 2 rings (SSSR count). The number of phenols is 1. The zero-order valence-electron chi connectivity index (χ0n) is 19.8. The summed E-state index contributed by atoms with van der Waals surface area (Å²) in [6.45, 7) is 10.0. The Labute approximate surface area is 201 Å². The van der Waals surface area contributed by atoms with Crippen molar-refractivity contribution in [3.8, 4) is 17.2 Å². The molecule has 6 nitrogen and oxygen atoms in total. The highest BCUT2D eigenvalue weighted by molar-refractivity contribution is 5.99. The van der Waals surface area contributed by atoms with E-state index < -0.39 is 5.97 Å². The van der Waals surface area contributed by atoms with Crippen LogP contribution in [0.1, 0.15) is 59.7 Å². The van der Waals surface area contributed by atoms with Gasteiger partial charge in [-0.15, -0.1) is 13.2 Å². The zero-order valence-corrected chi connectivity index (χ0v) is 19.8. The molecule has 0 aromatic heterocycles. The maximum atomic E-state index is 11.7. The number of ether oxygens (including phenoxy) is 2. The van der Waals surface area contributed by atoms with Gasteiger partial charge in [-0.2, -0.15) is 0 Å². The van der Waals surface area contributed by atoms with E-state index in [1.807, 2.05) is 24.3 Å². The number of allylic oxidation sites excluding steroid dienone is 2. The minimum absolute atomic E-state index is 0.0713. The molecule has 0 atom stereocenters. The molecule has 0 aliphatic carbocycles. The lowest BCUT2D eigenvalue weighted by atomic mass is 9.97. The van der Waals surface area contributed by atoms with Crippen molar-refractivity contribution < 1.29 is 29.3 Å². The van der Waals surface area contributed by atoms with E-state index in [0.717, 1.165) is 41.7 Å². The van der Waals surface area contributed by atoms with Crippen molar-refractivity contribution in [1.82, 2.24) is 0 Å². The molecular formula is C28H34O6. The normalized spacial score (nSPS) is 10.5. The van der Waals surface area contributed by atoms with Crippen molar-refractivity contribution in [3.05, 3.63) is 77.9 Å². The number of carboxylic acid groups (broad SMARTS) is 1. The lowest BCUT2D eigenvalue weighted by molar-refractivity contribution is -0.136. The largest absolute Gasteiger partial charge is 0.507 e. The van der Waals surface area contributed by atoms with Gasteiger partial charge >= 0.3 is 5.97 Å². The summed E-state index contributed by atoms with van der Waals surface area (Å²) in [7, 11) is 0. The van der Waals surface area contributed by atoms with Crippen LogP contribution in [-0.4, -0.2) is 35.2 Å². The van der Waals surface area contributed by atoms with E-state index in [1.165, 1.54) is 13.0 Å². The number of carbonyl (C=O) groups is 2. The molecule has 2 aromatic carbocycles. The Morgan fingerprint density at radius 2 is 1.59 bits per heavy atom. The quantitative estimate of drug-likeness (QED) is 0.187. The van der Waals surface area contributed by atoms with E-state index in [1.54, 1.807) is 12.1 Å². The van der Waals surface area contributed by atoms with Crippen LogP contribution >= 0.6 is 0 Å². The van der Waals surface area contributed by atoms with Crippen molar-refractivity contribution in [1.29, 1.82) is 0 Å². The highest BCUT2D eigenvalue weighted by atomic mass is 16.5. The van der Waals surface area contributed by atoms with Gasteiger partial charge in [0.25, 0.3) is 0 Å². The van der Waals surface area contributed by atoms with Crippen LogP contribution in [0, 0.1) is 0 Å². The summed E-state index contributed by atoms with van der Waals surface area (Å²) in [5.41, 5.74) is 3.18. The van der Waals surface area contributed by atoms with Gasteiger partial charge in [-0.05, 0) is 74.3 Å². The summed E-state index contributed by atoms with van der Waals surface area (Å²) < 4.78 is 11.9. The highest BCUT2D eigenvalue weighted by Crippen LogP contribution is 2.30. The molecule has 2 N–H and O–H groups in total. The van der Waals surface area contributed by atoms with Gasteiger partial charge in [0.15, 0.2) is 5.78 Å². The monoisotopic (exact) mass is 466 g/mol. The lowest BCUT2D eigenvalue weighted by Gasteiger charge is -2.17. The third kappa shape index (κ3) is 8.10. The second-order valence-corrected chi connectivity index (χ2v) is 8.09. The summed E-state index contributed by atoms with van der Waals surface area (Å²) in [5.74, 6) is 0.0939. The van der Waals surface area contributed by atoms with Gasteiger partial charge in [-0.25, -0.2) is 0 Å². The minimum atomic E-state index is -0.818. The first-order chi connectivity index (χ1) is 16.4. The summed E-state index contributed by atoms with van der Waals surface area (Å²) in [4.78, 5) is 22.7. The van der Waals surface area contributed by atoms with Gasteiger partial charge in [0, 0.05) is 6.42 Å². The molecule has 0 saturated carbocycles. The number of carbonyl (C=O) groups excluding carboxylic acids is 1. The number of hydrogen-bond donors (Lipinski definition) is 2. The second kappa shape index (κ2) is 13.9. The van der Waals surface area contributed by atoms with Crippen LogP contribution in [0.15, 0.2) is 55.6 Å². The average molecular weight is 467 g/mol. The van der Waals surface area contributed by atoms with Crippen LogP contribution in [0.25, 0.3) is 0 Å². The number of Topliss-reactive ketones (excluding diaryl/α,β-unsaturated/α-hetero) is 1. The van der Waals surface area contributed by atoms with Gasteiger partial charge < -0.3 is 19.7 Å². The van der Waals surface area contributed by atoms with Gasteiger partial charge in [0.1, 0.15) is 22.8 Å². The van der Waals surface area contributed by atoms with E-state index >= 15 is 0 Å². The average Bonchev–Trinajstić information content (AvgIpc) is 2.78. The molecule has 34 heavy (non-hydrogen) atoms. The van der Waals surface area contributed by atoms with Gasteiger partial charge in [-0.1, -0.05) is 30.4 Å². The van der Waals surface area contributed by atoms with E-state index in [4.69, 9.17) is 14.6 Å². The Balaban J connectivity index is 1.91. The van der Waals surface area contributed by atoms with Crippen molar-refractivity contribution in [2.24, 2.45) is 0 Å². The number of benzene rings is 2. The molecule has 0 amide bonds. The molecule has 0 fully saturated rings. The molecule has 0 spiro atoms. The number of carboxylic acids is 1. The molecule has 0 unspecified atom stereocenters. The summed E-state index contributed by atoms with van der Waals surface area (Å²) >= 11 is 0.